The standard InChI is InChI=1S/C13H20N2O2/c1-4-11(5-2)10(3)14-12-7-6-8-13(9-12)15(16)17/h6-11,14H,4-5H2,1-3H3. The fourth-order valence-corrected chi connectivity index (χ4v) is 2.09. The number of benzene rings is 1. The van der Waals surface area contributed by atoms with Crippen LogP contribution in [0, 0.1) is 16.0 Å². The number of hydrogen-bond donors (Lipinski definition) is 1. The van der Waals surface area contributed by atoms with Crippen LogP contribution in [0.5, 0.6) is 0 Å². The van der Waals surface area contributed by atoms with Crippen LogP contribution in [0.2, 0.25) is 0 Å². The third kappa shape index (κ3) is 3.73. The second-order valence-electron chi connectivity index (χ2n) is 4.32. The molecule has 1 rings (SSSR count). The molecule has 4 nitrogen and oxygen atoms in total. The summed E-state index contributed by atoms with van der Waals surface area (Å²) >= 11 is 0. The molecule has 1 unspecified atom stereocenters. The van der Waals surface area contributed by atoms with E-state index in [1.807, 2.05) is 6.07 Å². The van der Waals surface area contributed by atoms with E-state index >= 15 is 0 Å². The summed E-state index contributed by atoms with van der Waals surface area (Å²) in [6.07, 6.45) is 2.22. The summed E-state index contributed by atoms with van der Waals surface area (Å²) in [5.74, 6) is 0.592. The van der Waals surface area contributed by atoms with Gasteiger partial charge >= 0.3 is 0 Å². The van der Waals surface area contributed by atoms with Crippen molar-refractivity contribution in [2.24, 2.45) is 5.92 Å². The molecule has 0 aliphatic carbocycles. The number of nitro groups is 1. The Morgan fingerprint density at radius 1 is 1.35 bits per heavy atom. The topological polar surface area (TPSA) is 55.2 Å². The lowest BCUT2D eigenvalue weighted by Crippen LogP contribution is -2.24. The number of non-ortho nitro benzene ring substituents is 1. The van der Waals surface area contributed by atoms with Crippen LogP contribution < -0.4 is 5.32 Å². The summed E-state index contributed by atoms with van der Waals surface area (Å²) in [7, 11) is 0. The highest BCUT2D eigenvalue weighted by atomic mass is 16.6. The minimum Gasteiger partial charge on any atom is -0.382 e. The molecule has 0 saturated heterocycles. The van der Waals surface area contributed by atoms with Crippen molar-refractivity contribution in [2.45, 2.75) is 39.7 Å². The van der Waals surface area contributed by atoms with Gasteiger partial charge < -0.3 is 5.32 Å². The molecule has 94 valence electrons. The first kappa shape index (κ1) is 13.5. The number of rotatable bonds is 6. The number of anilines is 1. The molecule has 0 spiro atoms. The maximum atomic E-state index is 10.7. The van der Waals surface area contributed by atoms with Gasteiger partial charge in [0.15, 0.2) is 0 Å². The van der Waals surface area contributed by atoms with Crippen LogP contribution >= 0.6 is 0 Å². The number of hydrogen-bond acceptors (Lipinski definition) is 3. The van der Waals surface area contributed by atoms with Gasteiger partial charge in [0.25, 0.3) is 5.69 Å². The molecule has 0 saturated carbocycles. The molecule has 4 heteroatoms. The average molecular weight is 236 g/mol. The van der Waals surface area contributed by atoms with E-state index in [1.165, 1.54) is 6.07 Å². The van der Waals surface area contributed by atoms with E-state index in [0.29, 0.717) is 12.0 Å². The van der Waals surface area contributed by atoms with Crippen molar-refractivity contribution in [2.75, 3.05) is 5.32 Å². The van der Waals surface area contributed by atoms with Crippen molar-refractivity contribution in [1.82, 2.24) is 0 Å². The molecule has 0 aromatic heterocycles. The first-order chi connectivity index (χ1) is 8.08. The lowest BCUT2D eigenvalue weighted by Gasteiger charge is -2.23. The summed E-state index contributed by atoms with van der Waals surface area (Å²) in [5.41, 5.74) is 0.949. The van der Waals surface area contributed by atoms with E-state index < -0.39 is 0 Å². The van der Waals surface area contributed by atoms with Gasteiger partial charge in [0.2, 0.25) is 0 Å². The van der Waals surface area contributed by atoms with E-state index in [9.17, 15) is 10.1 Å². The molecule has 1 atom stereocenters. The Balaban J connectivity index is 2.74. The Kier molecular flexibility index (Phi) is 4.94. The Morgan fingerprint density at radius 2 is 2.00 bits per heavy atom. The molecular formula is C13H20N2O2. The molecule has 1 aromatic carbocycles. The summed E-state index contributed by atoms with van der Waals surface area (Å²) < 4.78 is 0. The average Bonchev–Trinajstić information content (AvgIpc) is 2.30. The molecule has 0 heterocycles. The normalized spacial score (nSPS) is 12.5. The Hall–Kier alpha value is -1.58. The highest BCUT2D eigenvalue weighted by molar-refractivity contribution is 5.51. The summed E-state index contributed by atoms with van der Waals surface area (Å²) in [4.78, 5) is 10.3. The second-order valence-corrected chi connectivity index (χ2v) is 4.32. The summed E-state index contributed by atoms with van der Waals surface area (Å²) in [5, 5.41) is 14.0. The molecule has 0 aliphatic heterocycles. The van der Waals surface area contributed by atoms with Crippen molar-refractivity contribution in [3.8, 4) is 0 Å². The van der Waals surface area contributed by atoms with Gasteiger partial charge in [0.05, 0.1) is 4.92 Å². The van der Waals surface area contributed by atoms with Crippen LogP contribution in [0.4, 0.5) is 11.4 Å². The quantitative estimate of drug-likeness (QED) is 0.603. The van der Waals surface area contributed by atoms with E-state index in [1.54, 1.807) is 12.1 Å². The lowest BCUT2D eigenvalue weighted by atomic mass is 9.95. The molecular weight excluding hydrogens is 216 g/mol. The van der Waals surface area contributed by atoms with Crippen LogP contribution in [0.15, 0.2) is 24.3 Å². The zero-order valence-electron chi connectivity index (χ0n) is 10.6. The molecule has 1 aromatic rings. The highest BCUT2D eigenvalue weighted by Crippen LogP contribution is 2.21. The maximum absolute atomic E-state index is 10.7. The van der Waals surface area contributed by atoms with Gasteiger partial charge in [-0.3, -0.25) is 10.1 Å². The molecule has 0 aliphatic rings. The van der Waals surface area contributed by atoms with E-state index in [-0.39, 0.29) is 10.6 Å². The third-order valence-corrected chi connectivity index (χ3v) is 3.21. The minimum absolute atomic E-state index is 0.131. The first-order valence-corrected chi connectivity index (χ1v) is 6.09. The van der Waals surface area contributed by atoms with E-state index in [0.717, 1.165) is 18.5 Å². The molecule has 0 bridgehead atoms. The van der Waals surface area contributed by atoms with Crippen LogP contribution in [-0.2, 0) is 0 Å². The largest absolute Gasteiger partial charge is 0.382 e. The Bertz CT molecular complexity index is 375. The lowest BCUT2D eigenvalue weighted by molar-refractivity contribution is -0.384. The van der Waals surface area contributed by atoms with Crippen molar-refractivity contribution < 1.29 is 4.92 Å². The van der Waals surface area contributed by atoms with Gasteiger partial charge in [-0.2, -0.15) is 0 Å². The molecule has 17 heavy (non-hydrogen) atoms. The molecule has 0 fully saturated rings. The highest BCUT2D eigenvalue weighted by Gasteiger charge is 2.14. The molecule has 0 radical (unpaired) electrons. The zero-order chi connectivity index (χ0) is 12.8. The van der Waals surface area contributed by atoms with E-state index in [4.69, 9.17) is 0 Å². The van der Waals surface area contributed by atoms with Gasteiger partial charge in [0.1, 0.15) is 0 Å². The maximum Gasteiger partial charge on any atom is 0.271 e. The summed E-state index contributed by atoms with van der Waals surface area (Å²) in [6, 6.07) is 6.99. The van der Waals surface area contributed by atoms with Crippen molar-refractivity contribution >= 4 is 11.4 Å². The second kappa shape index (κ2) is 6.23. The smallest absolute Gasteiger partial charge is 0.271 e. The van der Waals surface area contributed by atoms with E-state index in [2.05, 4.69) is 26.1 Å². The van der Waals surface area contributed by atoms with Crippen LogP contribution in [0.3, 0.4) is 0 Å². The van der Waals surface area contributed by atoms with Gasteiger partial charge in [-0.05, 0) is 18.9 Å². The number of nitrogens with zero attached hydrogens (tertiary/aromatic N) is 1. The molecule has 0 amide bonds. The molecule has 1 N–H and O–H groups in total. The van der Waals surface area contributed by atoms with Crippen molar-refractivity contribution in [1.29, 1.82) is 0 Å². The zero-order valence-corrected chi connectivity index (χ0v) is 10.6. The van der Waals surface area contributed by atoms with Crippen LogP contribution in [0.1, 0.15) is 33.6 Å². The predicted molar refractivity (Wildman–Crippen MR) is 70.3 cm³/mol. The number of nitro benzene ring substituents is 1. The van der Waals surface area contributed by atoms with Crippen molar-refractivity contribution in [3.63, 3.8) is 0 Å². The van der Waals surface area contributed by atoms with Gasteiger partial charge in [-0.25, -0.2) is 0 Å². The SMILES string of the molecule is CCC(CC)C(C)Nc1cccc([N+](=O)[O-])c1. The van der Waals surface area contributed by atoms with Crippen LogP contribution in [0.25, 0.3) is 0 Å². The van der Waals surface area contributed by atoms with Crippen molar-refractivity contribution in [3.05, 3.63) is 34.4 Å². The monoisotopic (exact) mass is 236 g/mol. The third-order valence-electron chi connectivity index (χ3n) is 3.21. The Labute approximate surface area is 102 Å². The first-order valence-electron chi connectivity index (χ1n) is 6.09. The Morgan fingerprint density at radius 3 is 2.53 bits per heavy atom. The summed E-state index contributed by atoms with van der Waals surface area (Å²) in [6.45, 7) is 6.45. The van der Waals surface area contributed by atoms with Gasteiger partial charge in [0, 0.05) is 23.9 Å². The fourth-order valence-electron chi connectivity index (χ4n) is 2.09. The number of nitrogens with one attached hydrogen (secondary N) is 1. The van der Waals surface area contributed by atoms with Gasteiger partial charge in [-0.15, -0.1) is 0 Å². The minimum atomic E-state index is -0.368. The van der Waals surface area contributed by atoms with Gasteiger partial charge in [-0.1, -0.05) is 32.8 Å². The predicted octanol–water partition coefficient (Wildman–Crippen LogP) is 3.83. The van der Waals surface area contributed by atoms with Crippen LogP contribution in [-0.4, -0.2) is 11.0 Å². The fraction of sp³-hybridized carbons (Fsp3) is 0.538.